The van der Waals surface area contributed by atoms with Gasteiger partial charge in [0.2, 0.25) is 0 Å². The molecule has 0 aromatic carbocycles. The minimum Gasteiger partial charge on any atom is -0.481 e. The average molecular weight is 280 g/mol. The Kier molecular flexibility index (Phi) is 6.98. The van der Waals surface area contributed by atoms with Crippen molar-refractivity contribution in [1.82, 2.24) is 0 Å². The number of rotatable bonds is 8. The number of carboxylic acids is 1. The van der Waals surface area contributed by atoms with E-state index in [9.17, 15) is 14.4 Å². The summed E-state index contributed by atoms with van der Waals surface area (Å²) in [7, 11) is 0. The van der Waals surface area contributed by atoms with E-state index in [1.165, 1.54) is 0 Å². The molecule has 0 amide bonds. The summed E-state index contributed by atoms with van der Waals surface area (Å²) in [5, 5.41) is 44.1. The molecular weight excluding hydrogens is 264 g/mol. The van der Waals surface area contributed by atoms with Gasteiger partial charge in [-0.1, -0.05) is 0 Å². The number of carbonyl (C=O) groups is 3. The maximum atomic E-state index is 11.2. The van der Waals surface area contributed by atoms with Crippen LogP contribution in [0.1, 0.15) is 12.8 Å². The number of hydrogen-bond acceptors (Lipinski definition) is 7. The highest BCUT2D eigenvalue weighted by Crippen LogP contribution is 2.25. The molecule has 0 aliphatic carbocycles. The standard InChI is InChI=1S/C10H16O9/c11-3-10(4-12,5-13)2-1-6(7(14)15)8(16)19-9(17)18/h6,11-13H,1-5H2,(H,14,15)(H,17,18). The number of aliphatic carboxylic acids is 1. The third kappa shape index (κ3) is 5.20. The van der Waals surface area contributed by atoms with Crippen LogP contribution in [0, 0.1) is 11.3 Å². The lowest BCUT2D eigenvalue weighted by Crippen LogP contribution is -2.36. The molecule has 0 aliphatic heterocycles. The molecule has 0 fully saturated rings. The fraction of sp³-hybridized carbons (Fsp3) is 0.700. The lowest BCUT2D eigenvalue weighted by atomic mass is 9.83. The topological polar surface area (TPSA) is 162 Å². The maximum Gasteiger partial charge on any atom is 0.513 e. The number of hydrogen-bond donors (Lipinski definition) is 5. The van der Waals surface area contributed by atoms with Crippen LogP contribution in [-0.4, -0.2) is 63.4 Å². The second kappa shape index (κ2) is 7.67. The van der Waals surface area contributed by atoms with Crippen LogP contribution in [0.3, 0.4) is 0 Å². The second-order valence-electron chi connectivity index (χ2n) is 4.09. The van der Waals surface area contributed by atoms with Crippen LogP contribution in [0.4, 0.5) is 4.79 Å². The molecule has 0 heterocycles. The third-order valence-electron chi connectivity index (χ3n) is 2.74. The summed E-state index contributed by atoms with van der Waals surface area (Å²) in [5.41, 5.74) is -1.34. The summed E-state index contributed by atoms with van der Waals surface area (Å²) < 4.78 is 3.75. The van der Waals surface area contributed by atoms with Crippen molar-refractivity contribution >= 4 is 18.1 Å². The van der Waals surface area contributed by atoms with E-state index in [0.717, 1.165) is 0 Å². The van der Waals surface area contributed by atoms with Gasteiger partial charge in [0, 0.05) is 5.41 Å². The predicted octanol–water partition coefficient (Wildman–Crippen LogP) is -1.35. The highest BCUT2D eigenvalue weighted by Gasteiger charge is 2.35. The molecule has 0 aromatic rings. The zero-order valence-corrected chi connectivity index (χ0v) is 9.98. The van der Waals surface area contributed by atoms with Crippen molar-refractivity contribution in [3.05, 3.63) is 0 Å². The highest BCUT2D eigenvalue weighted by atomic mass is 16.7. The van der Waals surface area contributed by atoms with E-state index >= 15 is 0 Å². The van der Waals surface area contributed by atoms with Crippen LogP contribution in [0.15, 0.2) is 0 Å². The van der Waals surface area contributed by atoms with Crippen LogP contribution in [0.5, 0.6) is 0 Å². The van der Waals surface area contributed by atoms with Gasteiger partial charge in [-0.25, -0.2) is 4.79 Å². The molecule has 1 unspecified atom stereocenters. The van der Waals surface area contributed by atoms with Gasteiger partial charge in [-0.05, 0) is 12.8 Å². The van der Waals surface area contributed by atoms with Crippen LogP contribution in [-0.2, 0) is 14.3 Å². The highest BCUT2D eigenvalue weighted by molar-refractivity contribution is 5.97. The van der Waals surface area contributed by atoms with Gasteiger partial charge >= 0.3 is 18.1 Å². The summed E-state index contributed by atoms with van der Waals surface area (Å²) in [5.74, 6) is -4.79. The van der Waals surface area contributed by atoms with Crippen molar-refractivity contribution in [1.29, 1.82) is 0 Å². The van der Waals surface area contributed by atoms with Crippen LogP contribution < -0.4 is 0 Å². The van der Waals surface area contributed by atoms with Crippen molar-refractivity contribution in [3.63, 3.8) is 0 Å². The Bertz CT molecular complexity index is 326. The smallest absolute Gasteiger partial charge is 0.481 e. The first-order valence-electron chi connectivity index (χ1n) is 5.32. The summed E-state index contributed by atoms with van der Waals surface area (Å²) >= 11 is 0. The minimum absolute atomic E-state index is 0.192. The molecule has 0 radical (unpaired) electrons. The molecule has 9 nitrogen and oxygen atoms in total. The number of aliphatic hydroxyl groups excluding tert-OH is 3. The number of carboxylic acid groups (broad SMARTS) is 2. The maximum absolute atomic E-state index is 11.2. The van der Waals surface area contributed by atoms with Gasteiger partial charge < -0.3 is 30.3 Å². The minimum atomic E-state index is -1.92. The lowest BCUT2D eigenvalue weighted by Gasteiger charge is -2.27. The largest absolute Gasteiger partial charge is 0.513 e. The number of ether oxygens (including phenoxy) is 1. The molecule has 0 aromatic heterocycles. The van der Waals surface area contributed by atoms with Gasteiger partial charge in [0.15, 0.2) is 5.92 Å². The molecule has 5 N–H and O–H groups in total. The quantitative estimate of drug-likeness (QED) is 0.267. The predicted molar refractivity (Wildman–Crippen MR) is 58.2 cm³/mol. The van der Waals surface area contributed by atoms with E-state index in [0.29, 0.717) is 0 Å². The Hall–Kier alpha value is -1.71. The normalized spacial score (nSPS) is 12.8. The Morgan fingerprint density at radius 3 is 1.79 bits per heavy atom. The van der Waals surface area contributed by atoms with Crippen LogP contribution in [0.2, 0.25) is 0 Å². The second-order valence-corrected chi connectivity index (χ2v) is 4.09. The van der Waals surface area contributed by atoms with Crippen molar-refractivity contribution < 1.29 is 44.7 Å². The first kappa shape index (κ1) is 17.3. The number of aliphatic hydroxyl groups is 3. The lowest BCUT2D eigenvalue weighted by molar-refractivity contribution is -0.156. The summed E-state index contributed by atoms with van der Waals surface area (Å²) in [4.78, 5) is 32.2. The van der Waals surface area contributed by atoms with E-state index in [4.69, 9.17) is 25.5 Å². The fourth-order valence-electron chi connectivity index (χ4n) is 1.34. The molecule has 0 rings (SSSR count). The van der Waals surface area contributed by atoms with E-state index in [1.807, 2.05) is 0 Å². The molecule has 0 bridgehead atoms. The van der Waals surface area contributed by atoms with Gasteiger partial charge in [0.1, 0.15) is 0 Å². The first-order valence-corrected chi connectivity index (χ1v) is 5.32. The Labute approximate surface area is 108 Å². The molecular formula is C10H16O9. The zero-order chi connectivity index (χ0) is 15.1. The van der Waals surface area contributed by atoms with E-state index in [1.54, 1.807) is 0 Å². The van der Waals surface area contributed by atoms with Crippen LogP contribution in [0.25, 0.3) is 0 Å². The van der Waals surface area contributed by atoms with E-state index < -0.39 is 49.2 Å². The third-order valence-corrected chi connectivity index (χ3v) is 2.74. The van der Waals surface area contributed by atoms with Crippen molar-refractivity contribution in [3.8, 4) is 0 Å². The Balaban J connectivity index is 4.73. The molecule has 0 aliphatic rings. The molecule has 1 atom stereocenters. The average Bonchev–Trinajstić information content (AvgIpc) is 2.34. The molecule has 0 spiro atoms. The Morgan fingerprint density at radius 1 is 1.00 bits per heavy atom. The van der Waals surface area contributed by atoms with Gasteiger partial charge in [-0.15, -0.1) is 0 Å². The van der Waals surface area contributed by atoms with Crippen molar-refractivity contribution in [2.75, 3.05) is 19.8 Å². The van der Waals surface area contributed by atoms with Gasteiger partial charge in [0.05, 0.1) is 19.8 Å². The van der Waals surface area contributed by atoms with Gasteiger partial charge in [0.25, 0.3) is 0 Å². The summed E-state index contributed by atoms with van der Waals surface area (Å²) in [6.45, 7) is -1.83. The van der Waals surface area contributed by atoms with Crippen molar-refractivity contribution in [2.24, 2.45) is 11.3 Å². The van der Waals surface area contributed by atoms with Gasteiger partial charge in [-0.3, -0.25) is 9.59 Å². The first-order chi connectivity index (χ1) is 8.81. The number of carbonyl (C=O) groups excluding carboxylic acids is 1. The molecule has 19 heavy (non-hydrogen) atoms. The molecule has 110 valence electrons. The number of esters is 1. The van der Waals surface area contributed by atoms with E-state index in [2.05, 4.69) is 4.74 Å². The van der Waals surface area contributed by atoms with Gasteiger partial charge in [-0.2, -0.15) is 0 Å². The van der Waals surface area contributed by atoms with E-state index in [-0.39, 0.29) is 12.8 Å². The molecule has 9 heteroatoms. The molecule has 0 saturated heterocycles. The SMILES string of the molecule is O=C(O)OC(=O)C(CCC(CO)(CO)CO)C(=O)O. The fourth-order valence-corrected chi connectivity index (χ4v) is 1.34. The van der Waals surface area contributed by atoms with Crippen LogP contribution >= 0.6 is 0 Å². The summed E-state index contributed by atoms with van der Waals surface area (Å²) in [6.07, 6.45) is -2.50. The monoisotopic (exact) mass is 280 g/mol. The zero-order valence-electron chi connectivity index (χ0n) is 9.98. The summed E-state index contributed by atoms with van der Waals surface area (Å²) in [6, 6.07) is 0. The van der Waals surface area contributed by atoms with Crippen molar-refractivity contribution in [2.45, 2.75) is 12.8 Å². The molecule has 0 saturated carbocycles. The Morgan fingerprint density at radius 2 is 1.47 bits per heavy atom.